The van der Waals surface area contributed by atoms with E-state index in [0.29, 0.717) is 16.8 Å². The summed E-state index contributed by atoms with van der Waals surface area (Å²) in [5, 5.41) is 3.97. The molecule has 0 atom stereocenters. The van der Waals surface area contributed by atoms with E-state index in [0.717, 1.165) is 0 Å². The van der Waals surface area contributed by atoms with Gasteiger partial charge in [-0.1, -0.05) is 17.3 Å². The Bertz CT molecular complexity index is 1720. The van der Waals surface area contributed by atoms with E-state index in [2.05, 4.69) is 20.1 Å². The minimum absolute atomic E-state index is 0.0608. The Labute approximate surface area is 189 Å². The van der Waals surface area contributed by atoms with Crippen molar-refractivity contribution in [2.45, 2.75) is 6.54 Å². The molecule has 0 aliphatic heterocycles. The SMILES string of the molecule is O=c1c2c(-c3noc(-c4ccc(F)cc4)n3)ncn2c2cccc(F)c2n1Cc1ccccn1. The van der Waals surface area contributed by atoms with Crippen LogP contribution in [0.1, 0.15) is 5.69 Å². The summed E-state index contributed by atoms with van der Waals surface area (Å²) in [5.74, 6) is -0.701. The first kappa shape index (κ1) is 19.9. The van der Waals surface area contributed by atoms with E-state index in [1.807, 2.05) is 0 Å². The summed E-state index contributed by atoms with van der Waals surface area (Å²) >= 11 is 0. The standard InChI is InChI=1S/C24H14F2N6O2/c25-15-9-7-14(8-10-15)23-29-22(30-34-23)19-21-24(33)31(12-16-4-1-2-11-27-16)20-17(26)5-3-6-18(20)32(21)13-28-19/h1-11,13H,12H2. The highest BCUT2D eigenvalue weighted by Gasteiger charge is 2.22. The second-order valence-electron chi connectivity index (χ2n) is 7.56. The van der Waals surface area contributed by atoms with Crippen molar-refractivity contribution in [2.24, 2.45) is 0 Å². The number of rotatable bonds is 4. The van der Waals surface area contributed by atoms with Crippen molar-refractivity contribution >= 4 is 16.6 Å². The van der Waals surface area contributed by atoms with Crippen LogP contribution in [-0.4, -0.2) is 29.1 Å². The van der Waals surface area contributed by atoms with Crippen LogP contribution in [0.4, 0.5) is 8.78 Å². The van der Waals surface area contributed by atoms with Crippen LogP contribution in [0, 0.1) is 11.6 Å². The van der Waals surface area contributed by atoms with Gasteiger partial charge in [-0.2, -0.15) is 4.98 Å². The van der Waals surface area contributed by atoms with Crippen molar-refractivity contribution in [3.63, 3.8) is 0 Å². The van der Waals surface area contributed by atoms with Crippen molar-refractivity contribution in [3.05, 3.63) is 101 Å². The molecule has 4 heterocycles. The largest absolute Gasteiger partial charge is 0.334 e. The summed E-state index contributed by atoms with van der Waals surface area (Å²) in [7, 11) is 0. The maximum atomic E-state index is 14.9. The average molecular weight is 456 g/mol. The minimum atomic E-state index is -0.541. The summed E-state index contributed by atoms with van der Waals surface area (Å²) in [6.45, 7) is 0.0608. The molecule has 166 valence electrons. The first-order valence-electron chi connectivity index (χ1n) is 10.3. The van der Waals surface area contributed by atoms with Gasteiger partial charge in [0, 0.05) is 11.8 Å². The number of pyridine rings is 1. The van der Waals surface area contributed by atoms with Crippen LogP contribution in [0.5, 0.6) is 0 Å². The Balaban J connectivity index is 1.58. The second kappa shape index (κ2) is 7.69. The first-order chi connectivity index (χ1) is 16.6. The van der Waals surface area contributed by atoms with Crippen LogP contribution in [0.2, 0.25) is 0 Å². The van der Waals surface area contributed by atoms with Gasteiger partial charge in [0.05, 0.1) is 17.8 Å². The van der Waals surface area contributed by atoms with Gasteiger partial charge in [0.2, 0.25) is 5.82 Å². The zero-order valence-electron chi connectivity index (χ0n) is 17.4. The van der Waals surface area contributed by atoms with E-state index in [1.165, 1.54) is 45.6 Å². The molecule has 0 amide bonds. The Kier molecular flexibility index (Phi) is 4.51. The van der Waals surface area contributed by atoms with Gasteiger partial charge in [-0.3, -0.25) is 18.7 Å². The number of halogens is 2. The second-order valence-corrected chi connectivity index (χ2v) is 7.56. The van der Waals surface area contributed by atoms with Gasteiger partial charge < -0.3 is 4.52 Å². The fraction of sp³-hybridized carbons (Fsp3) is 0.0417. The van der Waals surface area contributed by atoms with Crippen molar-refractivity contribution in [3.8, 4) is 23.0 Å². The topological polar surface area (TPSA) is 91.1 Å². The number of fused-ring (bicyclic) bond motifs is 3. The lowest BCUT2D eigenvalue weighted by Crippen LogP contribution is -2.24. The molecule has 0 fully saturated rings. The van der Waals surface area contributed by atoms with Gasteiger partial charge in [-0.15, -0.1) is 0 Å². The molecule has 4 aromatic heterocycles. The number of imidazole rings is 1. The molecule has 34 heavy (non-hydrogen) atoms. The maximum Gasteiger partial charge on any atom is 0.278 e. The van der Waals surface area contributed by atoms with Crippen LogP contribution < -0.4 is 5.56 Å². The normalized spacial score (nSPS) is 11.5. The fourth-order valence-corrected chi connectivity index (χ4v) is 3.93. The minimum Gasteiger partial charge on any atom is -0.334 e. The van der Waals surface area contributed by atoms with Crippen LogP contribution in [-0.2, 0) is 6.54 Å². The molecule has 2 aromatic carbocycles. The number of hydrogen-bond acceptors (Lipinski definition) is 6. The van der Waals surface area contributed by atoms with Crippen LogP contribution in [0.15, 0.2) is 82.5 Å². The lowest BCUT2D eigenvalue weighted by molar-refractivity contribution is 0.432. The predicted octanol–water partition coefficient (Wildman–Crippen LogP) is 4.09. The molecular weight excluding hydrogens is 442 g/mol. The van der Waals surface area contributed by atoms with Crippen molar-refractivity contribution in [2.75, 3.05) is 0 Å². The third-order valence-corrected chi connectivity index (χ3v) is 5.49. The van der Waals surface area contributed by atoms with E-state index in [-0.39, 0.29) is 35.0 Å². The molecule has 0 bridgehead atoms. The molecule has 0 spiro atoms. The Hall–Kier alpha value is -4.73. The predicted molar refractivity (Wildman–Crippen MR) is 119 cm³/mol. The van der Waals surface area contributed by atoms with E-state index < -0.39 is 17.2 Å². The fourth-order valence-electron chi connectivity index (χ4n) is 3.93. The smallest absolute Gasteiger partial charge is 0.278 e. The zero-order chi connectivity index (χ0) is 23.2. The summed E-state index contributed by atoms with van der Waals surface area (Å²) in [6.07, 6.45) is 3.03. The van der Waals surface area contributed by atoms with Gasteiger partial charge in [-0.05, 0) is 48.5 Å². The highest BCUT2D eigenvalue weighted by atomic mass is 19.1. The molecule has 0 radical (unpaired) electrons. The quantitative estimate of drug-likeness (QED) is 0.397. The Morgan fingerprint density at radius 2 is 1.76 bits per heavy atom. The van der Waals surface area contributed by atoms with Gasteiger partial charge in [0.15, 0.2) is 0 Å². The van der Waals surface area contributed by atoms with Crippen LogP contribution in [0.25, 0.3) is 39.5 Å². The molecule has 0 saturated heterocycles. The van der Waals surface area contributed by atoms with Gasteiger partial charge >= 0.3 is 0 Å². The lowest BCUT2D eigenvalue weighted by atomic mass is 10.2. The molecule has 6 rings (SSSR count). The molecule has 0 aliphatic carbocycles. The molecular formula is C24H14F2N6O2. The first-order valence-corrected chi connectivity index (χ1v) is 10.3. The number of para-hydroxylation sites is 1. The highest BCUT2D eigenvalue weighted by Crippen LogP contribution is 2.26. The summed E-state index contributed by atoms with van der Waals surface area (Å²) in [6, 6.07) is 15.5. The molecule has 8 nitrogen and oxygen atoms in total. The molecule has 0 saturated carbocycles. The molecule has 10 heteroatoms. The Morgan fingerprint density at radius 1 is 0.912 bits per heavy atom. The molecule has 0 unspecified atom stereocenters. The van der Waals surface area contributed by atoms with Gasteiger partial charge in [0.1, 0.15) is 34.7 Å². The van der Waals surface area contributed by atoms with E-state index >= 15 is 0 Å². The third kappa shape index (κ3) is 3.15. The average Bonchev–Trinajstić information content (AvgIpc) is 3.51. The number of hydrogen-bond donors (Lipinski definition) is 0. The summed E-state index contributed by atoms with van der Waals surface area (Å²) in [5.41, 5.74) is 1.56. The monoisotopic (exact) mass is 456 g/mol. The number of aromatic nitrogens is 6. The van der Waals surface area contributed by atoms with Crippen LogP contribution in [0.3, 0.4) is 0 Å². The Morgan fingerprint density at radius 3 is 2.56 bits per heavy atom. The maximum absolute atomic E-state index is 14.9. The highest BCUT2D eigenvalue weighted by molar-refractivity contribution is 5.84. The van der Waals surface area contributed by atoms with Crippen LogP contribution >= 0.6 is 0 Å². The molecule has 0 N–H and O–H groups in total. The van der Waals surface area contributed by atoms with E-state index in [4.69, 9.17) is 4.52 Å². The number of nitrogens with zero attached hydrogens (tertiary/aromatic N) is 6. The van der Waals surface area contributed by atoms with E-state index in [1.54, 1.807) is 36.5 Å². The zero-order valence-corrected chi connectivity index (χ0v) is 17.4. The van der Waals surface area contributed by atoms with Crippen molar-refractivity contribution in [1.29, 1.82) is 0 Å². The van der Waals surface area contributed by atoms with Gasteiger partial charge in [0.25, 0.3) is 11.4 Å². The molecule has 6 aromatic rings. The van der Waals surface area contributed by atoms with E-state index in [9.17, 15) is 13.6 Å². The lowest BCUT2D eigenvalue weighted by Gasteiger charge is -2.13. The third-order valence-electron chi connectivity index (χ3n) is 5.49. The van der Waals surface area contributed by atoms with Gasteiger partial charge in [-0.25, -0.2) is 13.8 Å². The molecule has 0 aliphatic rings. The number of benzene rings is 2. The van der Waals surface area contributed by atoms with Crippen molar-refractivity contribution in [1.82, 2.24) is 29.1 Å². The summed E-state index contributed by atoms with van der Waals surface area (Å²) < 4.78 is 36.3. The van der Waals surface area contributed by atoms with Crippen molar-refractivity contribution < 1.29 is 13.3 Å². The summed E-state index contributed by atoms with van der Waals surface area (Å²) in [4.78, 5) is 26.6.